The largest absolute Gasteiger partial charge is 0.310 e. The molecule has 1 aromatic rings. The minimum absolute atomic E-state index is 0.154. The Kier molecular flexibility index (Phi) is 4.82. The molecule has 0 radical (unpaired) electrons. The average molecular weight is 285 g/mol. The van der Waals surface area contributed by atoms with Gasteiger partial charge in [0.25, 0.3) is 0 Å². The number of hydrogen-bond acceptors (Lipinski definition) is 2. The standard InChI is InChI=1S/C15H22ClFN2/c1-3-15(2)11-19(8-4-7-18-15)10-12-5-6-13(16)14(17)9-12/h5-6,9,18H,3-4,7-8,10-11H2,1-2H3. The Labute approximate surface area is 119 Å². The molecule has 0 aromatic heterocycles. The topological polar surface area (TPSA) is 15.3 Å². The van der Waals surface area contributed by atoms with E-state index in [0.29, 0.717) is 0 Å². The molecule has 1 saturated heterocycles. The van der Waals surface area contributed by atoms with E-state index < -0.39 is 0 Å². The van der Waals surface area contributed by atoms with Gasteiger partial charge in [0.15, 0.2) is 0 Å². The van der Waals surface area contributed by atoms with Crippen molar-refractivity contribution in [2.24, 2.45) is 0 Å². The van der Waals surface area contributed by atoms with E-state index in [9.17, 15) is 4.39 Å². The monoisotopic (exact) mass is 284 g/mol. The van der Waals surface area contributed by atoms with Crippen LogP contribution >= 0.6 is 11.6 Å². The molecule has 1 aliphatic heterocycles. The van der Waals surface area contributed by atoms with Crippen molar-refractivity contribution >= 4 is 11.6 Å². The van der Waals surface area contributed by atoms with Crippen LogP contribution in [0.3, 0.4) is 0 Å². The molecule has 1 atom stereocenters. The molecule has 1 aliphatic rings. The number of hydrogen-bond donors (Lipinski definition) is 1. The van der Waals surface area contributed by atoms with Crippen molar-refractivity contribution in [3.8, 4) is 0 Å². The molecule has 1 heterocycles. The normalized spacial score (nSPS) is 25.3. The van der Waals surface area contributed by atoms with Gasteiger partial charge >= 0.3 is 0 Å². The first-order valence-corrected chi connectivity index (χ1v) is 7.31. The van der Waals surface area contributed by atoms with Crippen molar-refractivity contribution in [1.82, 2.24) is 10.2 Å². The first-order chi connectivity index (χ1) is 9.02. The van der Waals surface area contributed by atoms with Crippen LogP contribution in [-0.2, 0) is 6.54 Å². The Morgan fingerprint density at radius 2 is 2.26 bits per heavy atom. The smallest absolute Gasteiger partial charge is 0.142 e. The van der Waals surface area contributed by atoms with Gasteiger partial charge in [0.1, 0.15) is 5.82 Å². The fraction of sp³-hybridized carbons (Fsp3) is 0.600. The molecule has 1 aromatic carbocycles. The molecule has 2 rings (SSSR count). The Balaban J connectivity index is 2.06. The van der Waals surface area contributed by atoms with Gasteiger partial charge in [0.2, 0.25) is 0 Å². The van der Waals surface area contributed by atoms with Crippen LogP contribution in [0, 0.1) is 5.82 Å². The lowest BCUT2D eigenvalue weighted by Crippen LogP contribution is -2.48. The SMILES string of the molecule is CCC1(C)CN(Cc2ccc(Cl)c(F)c2)CCCN1. The lowest BCUT2D eigenvalue weighted by molar-refractivity contribution is 0.208. The van der Waals surface area contributed by atoms with Crippen LogP contribution in [0.4, 0.5) is 4.39 Å². The summed E-state index contributed by atoms with van der Waals surface area (Å²) in [4.78, 5) is 2.40. The van der Waals surface area contributed by atoms with E-state index in [4.69, 9.17) is 11.6 Å². The molecular weight excluding hydrogens is 263 g/mol. The maximum atomic E-state index is 13.5. The fourth-order valence-electron chi connectivity index (χ4n) is 2.59. The summed E-state index contributed by atoms with van der Waals surface area (Å²) in [5, 5.41) is 3.80. The van der Waals surface area contributed by atoms with Gasteiger partial charge in [-0.2, -0.15) is 0 Å². The van der Waals surface area contributed by atoms with Gasteiger partial charge in [-0.1, -0.05) is 24.6 Å². The number of halogens is 2. The summed E-state index contributed by atoms with van der Waals surface area (Å²) >= 11 is 5.72. The van der Waals surface area contributed by atoms with Crippen molar-refractivity contribution < 1.29 is 4.39 Å². The van der Waals surface area contributed by atoms with E-state index in [1.54, 1.807) is 12.1 Å². The van der Waals surface area contributed by atoms with Crippen LogP contribution in [0.1, 0.15) is 32.3 Å². The molecule has 1 N–H and O–H groups in total. The first-order valence-electron chi connectivity index (χ1n) is 6.94. The van der Waals surface area contributed by atoms with Crippen molar-refractivity contribution in [3.05, 3.63) is 34.6 Å². The molecule has 0 amide bonds. The van der Waals surface area contributed by atoms with Crippen LogP contribution in [0.5, 0.6) is 0 Å². The number of nitrogens with zero attached hydrogens (tertiary/aromatic N) is 1. The quantitative estimate of drug-likeness (QED) is 0.915. The molecule has 106 valence electrons. The molecule has 0 bridgehead atoms. The zero-order valence-electron chi connectivity index (χ0n) is 11.7. The number of benzene rings is 1. The highest BCUT2D eigenvalue weighted by Gasteiger charge is 2.26. The van der Waals surface area contributed by atoms with Gasteiger partial charge in [0.05, 0.1) is 5.02 Å². The highest BCUT2D eigenvalue weighted by Crippen LogP contribution is 2.20. The van der Waals surface area contributed by atoms with Crippen LogP contribution in [0.2, 0.25) is 5.02 Å². The van der Waals surface area contributed by atoms with Gasteiger partial charge < -0.3 is 5.32 Å². The predicted molar refractivity (Wildman–Crippen MR) is 78.0 cm³/mol. The summed E-state index contributed by atoms with van der Waals surface area (Å²) in [6.07, 6.45) is 2.23. The van der Waals surface area contributed by atoms with Crippen LogP contribution in [-0.4, -0.2) is 30.1 Å². The lowest BCUT2D eigenvalue weighted by Gasteiger charge is -2.32. The number of nitrogens with one attached hydrogen (secondary N) is 1. The predicted octanol–water partition coefficient (Wildman–Crippen LogP) is 3.44. The molecule has 0 spiro atoms. The van der Waals surface area contributed by atoms with Crippen LogP contribution in [0.25, 0.3) is 0 Å². The van der Waals surface area contributed by atoms with E-state index in [1.807, 2.05) is 6.07 Å². The lowest BCUT2D eigenvalue weighted by atomic mass is 9.98. The molecule has 1 unspecified atom stereocenters. The fourth-order valence-corrected chi connectivity index (χ4v) is 2.71. The van der Waals surface area contributed by atoms with E-state index in [0.717, 1.165) is 44.6 Å². The van der Waals surface area contributed by atoms with Crippen molar-refractivity contribution in [2.45, 2.75) is 38.8 Å². The third kappa shape index (κ3) is 3.91. The molecule has 2 nitrogen and oxygen atoms in total. The van der Waals surface area contributed by atoms with Crippen molar-refractivity contribution in [1.29, 1.82) is 0 Å². The summed E-state index contributed by atoms with van der Waals surface area (Å²) in [7, 11) is 0. The highest BCUT2D eigenvalue weighted by atomic mass is 35.5. The van der Waals surface area contributed by atoms with Crippen molar-refractivity contribution in [3.63, 3.8) is 0 Å². The molecular formula is C15H22ClFN2. The zero-order chi connectivity index (χ0) is 13.9. The molecule has 19 heavy (non-hydrogen) atoms. The summed E-state index contributed by atoms with van der Waals surface area (Å²) < 4.78 is 13.5. The Hall–Kier alpha value is -0.640. The van der Waals surface area contributed by atoms with E-state index in [-0.39, 0.29) is 16.4 Å². The Morgan fingerprint density at radius 3 is 2.95 bits per heavy atom. The third-order valence-electron chi connectivity index (χ3n) is 3.95. The van der Waals surface area contributed by atoms with Gasteiger partial charge in [-0.3, -0.25) is 4.90 Å². The molecule has 4 heteroatoms. The van der Waals surface area contributed by atoms with E-state index in [2.05, 4.69) is 24.1 Å². The van der Waals surface area contributed by atoms with Gasteiger partial charge in [-0.15, -0.1) is 0 Å². The second-order valence-electron chi connectivity index (χ2n) is 5.65. The second kappa shape index (κ2) is 6.21. The van der Waals surface area contributed by atoms with Gasteiger partial charge in [0, 0.05) is 18.6 Å². The summed E-state index contributed by atoms with van der Waals surface area (Å²) in [6, 6.07) is 5.10. The first kappa shape index (κ1) is 14.8. The molecule has 0 aliphatic carbocycles. The maximum Gasteiger partial charge on any atom is 0.142 e. The summed E-state index contributed by atoms with van der Waals surface area (Å²) in [6.45, 7) is 8.34. The average Bonchev–Trinajstić information content (AvgIpc) is 2.57. The summed E-state index contributed by atoms with van der Waals surface area (Å²) in [5.41, 5.74) is 1.14. The molecule has 0 saturated carbocycles. The second-order valence-corrected chi connectivity index (χ2v) is 6.06. The Morgan fingerprint density at radius 1 is 1.47 bits per heavy atom. The zero-order valence-corrected chi connectivity index (χ0v) is 12.4. The van der Waals surface area contributed by atoms with Crippen LogP contribution < -0.4 is 5.32 Å². The van der Waals surface area contributed by atoms with Gasteiger partial charge in [-0.25, -0.2) is 4.39 Å². The minimum atomic E-state index is -0.328. The van der Waals surface area contributed by atoms with Crippen molar-refractivity contribution in [2.75, 3.05) is 19.6 Å². The molecule has 1 fully saturated rings. The van der Waals surface area contributed by atoms with E-state index >= 15 is 0 Å². The highest BCUT2D eigenvalue weighted by molar-refractivity contribution is 6.30. The van der Waals surface area contributed by atoms with Crippen LogP contribution in [0.15, 0.2) is 18.2 Å². The Bertz CT molecular complexity index is 438. The minimum Gasteiger partial charge on any atom is -0.310 e. The third-order valence-corrected chi connectivity index (χ3v) is 4.25. The summed E-state index contributed by atoms with van der Waals surface area (Å²) in [5.74, 6) is -0.328. The van der Waals surface area contributed by atoms with E-state index in [1.165, 1.54) is 0 Å². The maximum absolute atomic E-state index is 13.5. The van der Waals surface area contributed by atoms with Gasteiger partial charge in [-0.05, 0) is 50.6 Å². The number of rotatable bonds is 3.